The minimum absolute atomic E-state index is 0.0327. The minimum atomic E-state index is -0.250. The van der Waals surface area contributed by atoms with Crippen molar-refractivity contribution in [2.45, 2.75) is 45.1 Å². The number of nitrogens with zero attached hydrogens (tertiary/aromatic N) is 2. The van der Waals surface area contributed by atoms with E-state index in [2.05, 4.69) is 21.8 Å². The van der Waals surface area contributed by atoms with E-state index in [-0.39, 0.29) is 11.9 Å². The summed E-state index contributed by atoms with van der Waals surface area (Å²) in [5.41, 5.74) is 2.36. The lowest BCUT2D eigenvalue weighted by Crippen LogP contribution is -2.38. The number of carbonyl (C=O) groups is 1. The Morgan fingerprint density at radius 2 is 2.35 bits per heavy atom. The molecule has 5 nitrogen and oxygen atoms in total. The van der Waals surface area contributed by atoms with Crippen LogP contribution >= 0.6 is 0 Å². The molecule has 0 aromatic carbocycles. The Labute approximate surface area is 120 Å². The first-order chi connectivity index (χ1) is 9.65. The molecule has 0 fully saturated rings. The van der Waals surface area contributed by atoms with E-state index in [0.29, 0.717) is 0 Å². The highest BCUT2D eigenvalue weighted by atomic mass is 16.2. The molecule has 1 aliphatic rings. The maximum Gasteiger partial charge on any atom is 0.242 e. The predicted molar refractivity (Wildman–Crippen MR) is 80.5 cm³/mol. The zero-order chi connectivity index (χ0) is 14.4. The summed E-state index contributed by atoms with van der Waals surface area (Å²) in [7, 11) is 1.85. The molecule has 1 atom stereocenters. The number of allylic oxidation sites excluding steroid dienone is 1. The number of nitrogens with one attached hydrogen (secondary N) is 2. The first-order valence-corrected chi connectivity index (χ1v) is 7.36. The zero-order valence-electron chi connectivity index (χ0n) is 12.4. The molecule has 5 heteroatoms. The van der Waals surface area contributed by atoms with E-state index in [0.717, 1.165) is 18.7 Å². The summed E-state index contributed by atoms with van der Waals surface area (Å²) in [4.78, 5) is 12.0. The number of hydrogen-bond donors (Lipinski definition) is 2. The third-order valence-corrected chi connectivity index (χ3v) is 3.61. The fourth-order valence-electron chi connectivity index (χ4n) is 2.44. The van der Waals surface area contributed by atoms with E-state index < -0.39 is 0 Å². The molecule has 0 saturated carbocycles. The van der Waals surface area contributed by atoms with Gasteiger partial charge in [0.25, 0.3) is 0 Å². The van der Waals surface area contributed by atoms with Crippen LogP contribution in [0.2, 0.25) is 0 Å². The van der Waals surface area contributed by atoms with Gasteiger partial charge >= 0.3 is 0 Å². The van der Waals surface area contributed by atoms with Crippen molar-refractivity contribution in [1.29, 1.82) is 0 Å². The molecule has 0 spiro atoms. The van der Waals surface area contributed by atoms with E-state index in [1.807, 2.05) is 20.2 Å². The SMILES string of the molecule is C[C@H](Nc1cnn(C)c1)C(=O)NCCC1=CCCCC1. The topological polar surface area (TPSA) is 59.0 Å². The fraction of sp³-hybridized carbons (Fsp3) is 0.600. The molecule has 1 amide bonds. The average Bonchev–Trinajstić information content (AvgIpc) is 2.85. The summed E-state index contributed by atoms with van der Waals surface area (Å²) in [6, 6.07) is -0.250. The Hall–Kier alpha value is -1.78. The molecule has 20 heavy (non-hydrogen) atoms. The van der Waals surface area contributed by atoms with Gasteiger partial charge in [0.1, 0.15) is 6.04 Å². The van der Waals surface area contributed by atoms with E-state index >= 15 is 0 Å². The highest BCUT2D eigenvalue weighted by molar-refractivity contribution is 5.84. The second-order valence-corrected chi connectivity index (χ2v) is 5.42. The lowest BCUT2D eigenvalue weighted by molar-refractivity contribution is -0.121. The van der Waals surface area contributed by atoms with Gasteiger partial charge in [-0.1, -0.05) is 11.6 Å². The van der Waals surface area contributed by atoms with Gasteiger partial charge in [0.15, 0.2) is 0 Å². The van der Waals surface area contributed by atoms with Crippen molar-refractivity contribution >= 4 is 11.6 Å². The Morgan fingerprint density at radius 1 is 1.50 bits per heavy atom. The number of rotatable bonds is 6. The average molecular weight is 276 g/mol. The van der Waals surface area contributed by atoms with Crippen LogP contribution in [0.15, 0.2) is 24.0 Å². The quantitative estimate of drug-likeness (QED) is 0.783. The molecule has 1 aromatic rings. The van der Waals surface area contributed by atoms with Crippen LogP contribution in [0.3, 0.4) is 0 Å². The monoisotopic (exact) mass is 276 g/mol. The van der Waals surface area contributed by atoms with Crippen LogP contribution in [0.4, 0.5) is 5.69 Å². The molecule has 1 aliphatic carbocycles. The van der Waals surface area contributed by atoms with Crippen molar-refractivity contribution in [2.75, 3.05) is 11.9 Å². The zero-order valence-corrected chi connectivity index (χ0v) is 12.4. The predicted octanol–water partition coefficient (Wildman–Crippen LogP) is 2.23. The van der Waals surface area contributed by atoms with E-state index in [9.17, 15) is 4.79 Å². The van der Waals surface area contributed by atoms with Gasteiger partial charge in [-0.05, 0) is 39.0 Å². The largest absolute Gasteiger partial charge is 0.371 e. The molecular weight excluding hydrogens is 252 g/mol. The second-order valence-electron chi connectivity index (χ2n) is 5.42. The van der Waals surface area contributed by atoms with Gasteiger partial charge < -0.3 is 10.6 Å². The van der Waals surface area contributed by atoms with Crippen LogP contribution in [0.1, 0.15) is 39.0 Å². The first-order valence-electron chi connectivity index (χ1n) is 7.36. The fourth-order valence-corrected chi connectivity index (χ4v) is 2.44. The van der Waals surface area contributed by atoms with Crippen LogP contribution in [0.25, 0.3) is 0 Å². The van der Waals surface area contributed by atoms with Gasteiger partial charge in [-0.25, -0.2) is 0 Å². The van der Waals surface area contributed by atoms with Gasteiger partial charge in [0.2, 0.25) is 5.91 Å². The molecule has 2 N–H and O–H groups in total. The number of hydrogen-bond acceptors (Lipinski definition) is 3. The summed E-state index contributed by atoms with van der Waals surface area (Å²) in [5.74, 6) is 0.0327. The summed E-state index contributed by atoms with van der Waals surface area (Å²) in [6.07, 6.45) is 11.9. The standard InChI is InChI=1S/C15H24N4O/c1-12(18-14-10-17-19(2)11-14)15(20)16-9-8-13-6-4-3-5-7-13/h6,10-12,18H,3-5,7-9H2,1-2H3,(H,16,20)/t12-/m0/s1. The third-order valence-electron chi connectivity index (χ3n) is 3.61. The lowest BCUT2D eigenvalue weighted by Gasteiger charge is -2.16. The van der Waals surface area contributed by atoms with Crippen molar-refractivity contribution < 1.29 is 4.79 Å². The van der Waals surface area contributed by atoms with Crippen LogP contribution < -0.4 is 10.6 Å². The van der Waals surface area contributed by atoms with Crippen molar-refractivity contribution in [3.63, 3.8) is 0 Å². The second kappa shape index (κ2) is 7.12. The minimum Gasteiger partial charge on any atom is -0.371 e. The van der Waals surface area contributed by atoms with Gasteiger partial charge in [-0.3, -0.25) is 9.48 Å². The molecule has 0 aliphatic heterocycles. The molecule has 1 heterocycles. The summed E-state index contributed by atoms with van der Waals surface area (Å²) >= 11 is 0. The van der Waals surface area contributed by atoms with E-state index in [1.165, 1.54) is 31.3 Å². The normalized spacial score (nSPS) is 16.4. The number of aryl methyl sites for hydroxylation is 1. The van der Waals surface area contributed by atoms with Crippen molar-refractivity contribution in [3.8, 4) is 0 Å². The van der Waals surface area contributed by atoms with Gasteiger partial charge in [-0.15, -0.1) is 0 Å². The maximum absolute atomic E-state index is 12.0. The molecule has 0 bridgehead atoms. The summed E-state index contributed by atoms with van der Waals surface area (Å²) < 4.78 is 1.71. The Morgan fingerprint density at radius 3 is 3.00 bits per heavy atom. The molecule has 2 rings (SSSR count). The van der Waals surface area contributed by atoms with Gasteiger partial charge in [-0.2, -0.15) is 5.10 Å². The first kappa shape index (κ1) is 14.6. The van der Waals surface area contributed by atoms with Crippen molar-refractivity contribution in [2.24, 2.45) is 7.05 Å². The van der Waals surface area contributed by atoms with Crippen LogP contribution in [-0.4, -0.2) is 28.3 Å². The number of anilines is 1. The smallest absolute Gasteiger partial charge is 0.242 e. The Bertz CT molecular complexity index is 478. The Kier molecular flexibility index (Phi) is 5.21. The van der Waals surface area contributed by atoms with Crippen LogP contribution in [0.5, 0.6) is 0 Å². The van der Waals surface area contributed by atoms with Crippen LogP contribution in [0, 0.1) is 0 Å². The Balaban J connectivity index is 1.69. The third kappa shape index (κ3) is 4.40. The summed E-state index contributed by atoms with van der Waals surface area (Å²) in [6.45, 7) is 2.59. The number of carbonyl (C=O) groups excluding carboxylic acids is 1. The maximum atomic E-state index is 12.0. The molecule has 1 aromatic heterocycles. The summed E-state index contributed by atoms with van der Waals surface area (Å²) in [5, 5.41) is 10.2. The molecular formula is C15H24N4O. The number of aromatic nitrogens is 2. The van der Waals surface area contributed by atoms with Crippen molar-refractivity contribution in [1.82, 2.24) is 15.1 Å². The highest BCUT2D eigenvalue weighted by Crippen LogP contribution is 2.19. The molecule has 110 valence electrons. The highest BCUT2D eigenvalue weighted by Gasteiger charge is 2.13. The van der Waals surface area contributed by atoms with Gasteiger partial charge in [0.05, 0.1) is 11.9 Å². The van der Waals surface area contributed by atoms with E-state index in [1.54, 1.807) is 10.9 Å². The van der Waals surface area contributed by atoms with Crippen LogP contribution in [-0.2, 0) is 11.8 Å². The number of amides is 1. The molecule has 0 saturated heterocycles. The molecule has 0 radical (unpaired) electrons. The van der Waals surface area contributed by atoms with Gasteiger partial charge in [0, 0.05) is 19.8 Å². The van der Waals surface area contributed by atoms with E-state index in [4.69, 9.17) is 0 Å². The molecule has 0 unspecified atom stereocenters. The lowest BCUT2D eigenvalue weighted by atomic mass is 9.97. The van der Waals surface area contributed by atoms with Crippen molar-refractivity contribution in [3.05, 3.63) is 24.0 Å².